The molecule has 0 aliphatic carbocycles. The summed E-state index contributed by atoms with van der Waals surface area (Å²) in [6.07, 6.45) is 3.25. The van der Waals surface area contributed by atoms with Crippen molar-refractivity contribution >= 4 is 10.0 Å². The van der Waals surface area contributed by atoms with Crippen LogP contribution in [0.25, 0.3) is 0 Å². The van der Waals surface area contributed by atoms with E-state index in [2.05, 4.69) is 9.97 Å². The third-order valence-electron chi connectivity index (χ3n) is 2.44. The first kappa shape index (κ1) is 13.4. The highest BCUT2D eigenvalue weighted by molar-refractivity contribution is 7.89. The fourth-order valence-electron chi connectivity index (χ4n) is 1.58. The molecule has 0 fully saturated rings. The second kappa shape index (κ2) is 5.33. The van der Waals surface area contributed by atoms with E-state index < -0.39 is 10.0 Å². The van der Waals surface area contributed by atoms with Crippen LogP contribution in [0.2, 0.25) is 0 Å². The van der Waals surface area contributed by atoms with Crippen LogP contribution in [0.4, 0.5) is 0 Å². The largest absolute Gasteiger partial charge is 0.486 e. The highest BCUT2D eigenvalue weighted by atomic mass is 32.2. The zero-order valence-electron chi connectivity index (χ0n) is 10.3. The maximum Gasteiger partial charge on any atom is 0.238 e. The van der Waals surface area contributed by atoms with Gasteiger partial charge in [-0.3, -0.25) is 0 Å². The number of sulfonamides is 1. The van der Waals surface area contributed by atoms with E-state index in [0.717, 1.165) is 0 Å². The van der Waals surface area contributed by atoms with Gasteiger partial charge in [0, 0.05) is 12.4 Å². The normalized spacial score (nSPS) is 11.3. The summed E-state index contributed by atoms with van der Waals surface area (Å²) in [4.78, 5) is 8.14. The highest BCUT2D eigenvalue weighted by Crippen LogP contribution is 2.20. The third-order valence-corrected chi connectivity index (χ3v) is 3.51. The van der Waals surface area contributed by atoms with Crippen molar-refractivity contribution < 1.29 is 13.2 Å². The molecule has 1 heterocycles. The minimum Gasteiger partial charge on any atom is -0.486 e. The molecule has 1 aromatic heterocycles. The Morgan fingerprint density at radius 1 is 1.26 bits per heavy atom. The average molecular weight is 279 g/mol. The SMILES string of the molecule is Cc1cc(OCc2ncccn2)ccc1S(N)(=O)=O. The summed E-state index contributed by atoms with van der Waals surface area (Å²) in [6.45, 7) is 1.88. The van der Waals surface area contributed by atoms with Crippen molar-refractivity contribution in [1.29, 1.82) is 0 Å². The maximum absolute atomic E-state index is 11.3. The Bertz CT molecular complexity index is 672. The summed E-state index contributed by atoms with van der Waals surface area (Å²) >= 11 is 0. The van der Waals surface area contributed by atoms with E-state index in [-0.39, 0.29) is 11.5 Å². The van der Waals surface area contributed by atoms with Crippen molar-refractivity contribution in [3.63, 3.8) is 0 Å². The molecule has 19 heavy (non-hydrogen) atoms. The first-order valence-electron chi connectivity index (χ1n) is 5.49. The zero-order valence-corrected chi connectivity index (χ0v) is 11.1. The van der Waals surface area contributed by atoms with Gasteiger partial charge in [-0.15, -0.1) is 0 Å². The molecule has 0 saturated carbocycles. The second-order valence-electron chi connectivity index (χ2n) is 3.93. The van der Waals surface area contributed by atoms with E-state index in [9.17, 15) is 8.42 Å². The van der Waals surface area contributed by atoms with Crippen molar-refractivity contribution in [3.05, 3.63) is 48.0 Å². The van der Waals surface area contributed by atoms with Gasteiger partial charge in [-0.25, -0.2) is 23.5 Å². The average Bonchev–Trinajstić information content (AvgIpc) is 2.36. The monoisotopic (exact) mass is 279 g/mol. The summed E-state index contributed by atoms with van der Waals surface area (Å²) in [7, 11) is -3.70. The van der Waals surface area contributed by atoms with Crippen molar-refractivity contribution in [2.45, 2.75) is 18.4 Å². The molecule has 0 amide bonds. The van der Waals surface area contributed by atoms with Crippen molar-refractivity contribution in [2.24, 2.45) is 5.14 Å². The fraction of sp³-hybridized carbons (Fsp3) is 0.167. The molecule has 0 spiro atoms. The van der Waals surface area contributed by atoms with E-state index in [4.69, 9.17) is 9.88 Å². The molecule has 0 unspecified atom stereocenters. The number of hydrogen-bond donors (Lipinski definition) is 1. The summed E-state index contributed by atoms with van der Waals surface area (Å²) in [5.41, 5.74) is 0.536. The van der Waals surface area contributed by atoms with Crippen LogP contribution in [0.1, 0.15) is 11.4 Å². The predicted octanol–water partition coefficient (Wildman–Crippen LogP) is 1.01. The van der Waals surface area contributed by atoms with Crippen LogP contribution >= 0.6 is 0 Å². The van der Waals surface area contributed by atoms with E-state index in [1.54, 1.807) is 37.5 Å². The van der Waals surface area contributed by atoms with E-state index in [1.807, 2.05) is 0 Å². The van der Waals surface area contributed by atoms with Gasteiger partial charge in [0.05, 0.1) is 4.90 Å². The van der Waals surface area contributed by atoms with Crippen LogP contribution in [-0.2, 0) is 16.6 Å². The zero-order chi connectivity index (χ0) is 13.9. The number of aromatic nitrogens is 2. The predicted molar refractivity (Wildman–Crippen MR) is 68.9 cm³/mol. The topological polar surface area (TPSA) is 95.2 Å². The lowest BCUT2D eigenvalue weighted by atomic mass is 10.2. The molecular weight excluding hydrogens is 266 g/mol. The first-order valence-corrected chi connectivity index (χ1v) is 7.03. The Labute approximate surface area is 111 Å². The molecule has 7 heteroatoms. The number of ether oxygens (including phenoxy) is 1. The van der Waals surface area contributed by atoms with Gasteiger partial charge in [-0.05, 0) is 36.8 Å². The second-order valence-corrected chi connectivity index (χ2v) is 5.46. The van der Waals surface area contributed by atoms with Crippen LogP contribution in [0.5, 0.6) is 5.75 Å². The molecule has 2 rings (SSSR count). The fourth-order valence-corrected chi connectivity index (χ4v) is 2.35. The van der Waals surface area contributed by atoms with Crippen molar-refractivity contribution in [2.75, 3.05) is 0 Å². The third kappa shape index (κ3) is 3.49. The maximum atomic E-state index is 11.3. The van der Waals surface area contributed by atoms with Crippen LogP contribution in [0.15, 0.2) is 41.6 Å². The van der Waals surface area contributed by atoms with E-state index in [0.29, 0.717) is 17.1 Å². The number of primary sulfonamides is 1. The standard InChI is InChI=1S/C12H13N3O3S/c1-9-7-10(3-4-11(9)19(13,16)17)18-8-12-14-5-2-6-15-12/h2-7H,8H2,1H3,(H2,13,16,17). The number of benzene rings is 1. The lowest BCUT2D eigenvalue weighted by Crippen LogP contribution is -2.13. The lowest BCUT2D eigenvalue weighted by molar-refractivity contribution is 0.295. The lowest BCUT2D eigenvalue weighted by Gasteiger charge is -2.08. The Morgan fingerprint density at radius 3 is 2.53 bits per heavy atom. The molecule has 0 atom stereocenters. The number of aryl methyl sites for hydroxylation is 1. The summed E-state index contributed by atoms with van der Waals surface area (Å²) in [5.74, 6) is 1.09. The number of hydrogen-bond acceptors (Lipinski definition) is 5. The summed E-state index contributed by atoms with van der Waals surface area (Å²) < 4.78 is 28.0. The van der Waals surface area contributed by atoms with Gasteiger partial charge in [0.1, 0.15) is 12.4 Å². The smallest absolute Gasteiger partial charge is 0.238 e. The quantitative estimate of drug-likeness (QED) is 0.901. The molecule has 2 aromatic rings. The van der Waals surface area contributed by atoms with Crippen molar-refractivity contribution in [1.82, 2.24) is 9.97 Å². The Kier molecular flexibility index (Phi) is 3.77. The molecule has 0 saturated heterocycles. The highest BCUT2D eigenvalue weighted by Gasteiger charge is 2.11. The number of nitrogens with two attached hydrogens (primary N) is 1. The van der Waals surface area contributed by atoms with E-state index in [1.165, 1.54) is 6.07 Å². The van der Waals surface area contributed by atoms with Gasteiger partial charge in [-0.2, -0.15) is 0 Å². The molecule has 2 N–H and O–H groups in total. The molecule has 0 aliphatic heterocycles. The minimum atomic E-state index is -3.70. The van der Waals surface area contributed by atoms with Crippen molar-refractivity contribution in [3.8, 4) is 5.75 Å². The van der Waals surface area contributed by atoms with Gasteiger partial charge >= 0.3 is 0 Å². The number of nitrogens with zero attached hydrogens (tertiary/aromatic N) is 2. The molecule has 0 radical (unpaired) electrons. The van der Waals surface area contributed by atoms with Gasteiger partial charge in [0.2, 0.25) is 10.0 Å². The molecule has 0 bridgehead atoms. The Morgan fingerprint density at radius 2 is 1.95 bits per heavy atom. The van der Waals surface area contributed by atoms with Crippen LogP contribution in [-0.4, -0.2) is 18.4 Å². The summed E-state index contributed by atoms with van der Waals surface area (Å²) in [5, 5.41) is 5.08. The van der Waals surface area contributed by atoms with Crippen LogP contribution < -0.4 is 9.88 Å². The Hall–Kier alpha value is -1.99. The minimum absolute atomic E-state index is 0.0933. The van der Waals surface area contributed by atoms with Gasteiger partial charge < -0.3 is 4.74 Å². The van der Waals surface area contributed by atoms with Gasteiger partial charge in [-0.1, -0.05) is 0 Å². The molecule has 6 nitrogen and oxygen atoms in total. The number of rotatable bonds is 4. The molecular formula is C12H13N3O3S. The molecule has 1 aromatic carbocycles. The molecule has 0 aliphatic rings. The summed E-state index contributed by atoms with van der Waals surface area (Å²) in [6, 6.07) is 6.30. The van der Waals surface area contributed by atoms with Gasteiger partial charge in [0.15, 0.2) is 5.82 Å². The van der Waals surface area contributed by atoms with E-state index >= 15 is 0 Å². The Balaban J connectivity index is 2.13. The first-order chi connectivity index (χ1) is 8.97. The van der Waals surface area contributed by atoms with Crippen LogP contribution in [0.3, 0.4) is 0 Å². The van der Waals surface area contributed by atoms with Crippen LogP contribution in [0, 0.1) is 6.92 Å². The van der Waals surface area contributed by atoms with Gasteiger partial charge in [0.25, 0.3) is 0 Å². The molecule has 100 valence electrons.